The number of benzene rings is 1. The quantitative estimate of drug-likeness (QED) is 0.186. The van der Waals surface area contributed by atoms with Crippen LogP contribution in [0.1, 0.15) is 28.8 Å². The van der Waals surface area contributed by atoms with Crippen LogP contribution in [0.3, 0.4) is 0 Å². The number of amides is 2. The molecule has 102 valence electrons. The normalized spacial score (nSPS) is 11.1. The van der Waals surface area contributed by atoms with Crippen LogP contribution in [0.25, 0.3) is 0 Å². The number of carbonyl (C=O) groups excluding carboxylic acids is 2. The van der Waals surface area contributed by atoms with Gasteiger partial charge in [-0.3, -0.25) is 9.59 Å². The fourth-order valence-corrected chi connectivity index (χ4v) is 1.42. The van der Waals surface area contributed by atoms with Crippen molar-refractivity contribution in [3.8, 4) is 0 Å². The molecule has 0 heterocycles. The Morgan fingerprint density at radius 1 is 1.16 bits per heavy atom. The predicted octanol–water partition coefficient (Wildman–Crippen LogP) is -0.224. The van der Waals surface area contributed by atoms with Crippen LogP contribution in [0, 0.1) is 0 Å². The third-order valence-corrected chi connectivity index (χ3v) is 2.44. The van der Waals surface area contributed by atoms with Gasteiger partial charge in [-0.15, -0.1) is 0 Å². The summed E-state index contributed by atoms with van der Waals surface area (Å²) < 4.78 is 0. The molecule has 2 amide bonds. The standard InChI is InChI=1S/C12H16N4O3/c13-10(17)2-1-7-15-12(18)9-5-3-8(4-6-9)11(14)16-19/h3-6,19H,1-2,7H2,(H2,13,17)(H2,14,16)(H,15,18). The van der Waals surface area contributed by atoms with Gasteiger partial charge in [-0.05, 0) is 18.6 Å². The van der Waals surface area contributed by atoms with Crippen molar-refractivity contribution in [1.82, 2.24) is 5.32 Å². The van der Waals surface area contributed by atoms with Gasteiger partial charge in [-0.25, -0.2) is 0 Å². The van der Waals surface area contributed by atoms with E-state index in [-0.39, 0.29) is 18.2 Å². The van der Waals surface area contributed by atoms with E-state index in [9.17, 15) is 9.59 Å². The van der Waals surface area contributed by atoms with Crippen LogP contribution in [0.15, 0.2) is 29.4 Å². The molecule has 0 fully saturated rings. The minimum absolute atomic E-state index is 0.0200. The predicted molar refractivity (Wildman–Crippen MR) is 69.7 cm³/mol. The van der Waals surface area contributed by atoms with Crippen LogP contribution in [0.5, 0.6) is 0 Å². The van der Waals surface area contributed by atoms with E-state index < -0.39 is 5.91 Å². The van der Waals surface area contributed by atoms with Crippen LogP contribution in [0.2, 0.25) is 0 Å². The summed E-state index contributed by atoms with van der Waals surface area (Å²) in [6, 6.07) is 6.29. The fourth-order valence-electron chi connectivity index (χ4n) is 1.42. The third-order valence-electron chi connectivity index (χ3n) is 2.44. The van der Waals surface area contributed by atoms with Gasteiger partial charge in [0.15, 0.2) is 5.84 Å². The lowest BCUT2D eigenvalue weighted by Crippen LogP contribution is -2.25. The number of nitrogens with one attached hydrogen (secondary N) is 1. The molecule has 0 bridgehead atoms. The molecule has 0 aliphatic heterocycles. The van der Waals surface area contributed by atoms with E-state index in [0.29, 0.717) is 24.1 Å². The number of nitrogens with two attached hydrogens (primary N) is 2. The third kappa shape index (κ3) is 4.66. The van der Waals surface area contributed by atoms with Crippen molar-refractivity contribution >= 4 is 17.6 Å². The van der Waals surface area contributed by atoms with Gasteiger partial charge < -0.3 is 22.0 Å². The van der Waals surface area contributed by atoms with Crippen molar-refractivity contribution in [3.05, 3.63) is 35.4 Å². The first-order valence-corrected chi connectivity index (χ1v) is 5.69. The van der Waals surface area contributed by atoms with E-state index in [1.807, 2.05) is 0 Å². The first-order chi connectivity index (χ1) is 9.04. The van der Waals surface area contributed by atoms with Crippen molar-refractivity contribution in [2.24, 2.45) is 16.6 Å². The van der Waals surface area contributed by atoms with Gasteiger partial charge in [-0.2, -0.15) is 0 Å². The molecule has 7 nitrogen and oxygen atoms in total. The molecule has 0 radical (unpaired) electrons. The second-order valence-electron chi connectivity index (χ2n) is 3.89. The van der Waals surface area contributed by atoms with Crippen molar-refractivity contribution in [2.45, 2.75) is 12.8 Å². The van der Waals surface area contributed by atoms with Crippen molar-refractivity contribution in [2.75, 3.05) is 6.54 Å². The van der Waals surface area contributed by atoms with E-state index >= 15 is 0 Å². The molecular formula is C12H16N4O3. The lowest BCUT2D eigenvalue weighted by atomic mass is 10.1. The minimum atomic E-state index is -0.391. The Labute approximate surface area is 110 Å². The van der Waals surface area contributed by atoms with Crippen molar-refractivity contribution in [3.63, 3.8) is 0 Å². The fraction of sp³-hybridized carbons (Fsp3) is 0.250. The summed E-state index contributed by atoms with van der Waals surface area (Å²) in [5.41, 5.74) is 11.4. The zero-order valence-electron chi connectivity index (χ0n) is 10.3. The van der Waals surface area contributed by atoms with E-state index in [4.69, 9.17) is 16.7 Å². The SMILES string of the molecule is NC(=O)CCCNC(=O)c1ccc(/C(N)=N/O)cc1. The van der Waals surface area contributed by atoms with Crippen LogP contribution < -0.4 is 16.8 Å². The molecule has 0 unspecified atom stereocenters. The number of nitrogens with zero attached hydrogens (tertiary/aromatic N) is 1. The molecule has 0 aromatic heterocycles. The molecular weight excluding hydrogens is 248 g/mol. The highest BCUT2D eigenvalue weighted by molar-refractivity contribution is 5.99. The first kappa shape index (κ1) is 14.5. The maximum Gasteiger partial charge on any atom is 0.251 e. The Kier molecular flexibility index (Phi) is 5.34. The zero-order valence-corrected chi connectivity index (χ0v) is 10.3. The molecule has 0 atom stereocenters. The summed E-state index contributed by atoms with van der Waals surface area (Å²) in [4.78, 5) is 22.2. The maximum atomic E-state index is 11.7. The summed E-state index contributed by atoms with van der Waals surface area (Å²) in [6.07, 6.45) is 0.742. The van der Waals surface area contributed by atoms with Gasteiger partial charge in [0.1, 0.15) is 0 Å². The van der Waals surface area contributed by atoms with Crippen LogP contribution >= 0.6 is 0 Å². The van der Waals surface area contributed by atoms with Gasteiger partial charge in [0.25, 0.3) is 5.91 Å². The topological polar surface area (TPSA) is 131 Å². The second-order valence-corrected chi connectivity index (χ2v) is 3.89. The Morgan fingerprint density at radius 3 is 2.26 bits per heavy atom. The van der Waals surface area contributed by atoms with E-state index in [2.05, 4.69) is 10.5 Å². The smallest absolute Gasteiger partial charge is 0.251 e. The number of rotatable bonds is 6. The molecule has 0 aliphatic rings. The molecule has 1 rings (SSSR count). The van der Waals surface area contributed by atoms with Crippen molar-refractivity contribution in [1.29, 1.82) is 0 Å². The Hall–Kier alpha value is -2.57. The summed E-state index contributed by atoms with van der Waals surface area (Å²) >= 11 is 0. The summed E-state index contributed by atoms with van der Waals surface area (Å²) in [7, 11) is 0. The van der Waals surface area contributed by atoms with E-state index in [1.165, 1.54) is 0 Å². The monoisotopic (exact) mass is 264 g/mol. The molecule has 0 saturated heterocycles. The van der Waals surface area contributed by atoms with Crippen molar-refractivity contribution < 1.29 is 14.8 Å². The average Bonchev–Trinajstić information content (AvgIpc) is 2.42. The van der Waals surface area contributed by atoms with E-state index in [1.54, 1.807) is 24.3 Å². The molecule has 6 N–H and O–H groups in total. The number of carbonyl (C=O) groups is 2. The number of hydrogen-bond donors (Lipinski definition) is 4. The van der Waals surface area contributed by atoms with Crippen LogP contribution in [-0.2, 0) is 4.79 Å². The Morgan fingerprint density at radius 2 is 1.74 bits per heavy atom. The maximum absolute atomic E-state index is 11.7. The number of primary amides is 1. The van der Waals surface area contributed by atoms with Gasteiger partial charge in [-0.1, -0.05) is 17.3 Å². The highest BCUT2D eigenvalue weighted by Gasteiger charge is 2.06. The molecule has 7 heteroatoms. The van der Waals surface area contributed by atoms with Gasteiger partial charge in [0.2, 0.25) is 5.91 Å². The summed E-state index contributed by atoms with van der Waals surface area (Å²) in [6.45, 7) is 0.379. The average molecular weight is 264 g/mol. The second kappa shape index (κ2) is 7.00. The molecule has 1 aromatic rings. The molecule has 0 spiro atoms. The number of amidine groups is 1. The molecule has 1 aromatic carbocycles. The number of oxime groups is 1. The van der Waals surface area contributed by atoms with Crippen LogP contribution in [0.4, 0.5) is 0 Å². The lowest BCUT2D eigenvalue weighted by molar-refractivity contribution is -0.118. The zero-order chi connectivity index (χ0) is 14.3. The Balaban J connectivity index is 2.51. The van der Waals surface area contributed by atoms with Crippen LogP contribution in [-0.4, -0.2) is 29.4 Å². The van der Waals surface area contributed by atoms with Gasteiger partial charge in [0, 0.05) is 24.1 Å². The van der Waals surface area contributed by atoms with E-state index in [0.717, 1.165) is 0 Å². The minimum Gasteiger partial charge on any atom is -0.409 e. The largest absolute Gasteiger partial charge is 0.409 e. The first-order valence-electron chi connectivity index (χ1n) is 5.69. The summed E-state index contributed by atoms with van der Waals surface area (Å²) in [5.74, 6) is -0.665. The highest BCUT2D eigenvalue weighted by atomic mass is 16.4. The number of hydrogen-bond acceptors (Lipinski definition) is 4. The lowest BCUT2D eigenvalue weighted by Gasteiger charge is -2.05. The molecule has 0 aliphatic carbocycles. The summed E-state index contributed by atoms with van der Waals surface area (Å²) in [5, 5.41) is 14.0. The molecule has 19 heavy (non-hydrogen) atoms. The highest BCUT2D eigenvalue weighted by Crippen LogP contribution is 2.04. The van der Waals surface area contributed by atoms with Gasteiger partial charge >= 0.3 is 0 Å². The molecule has 0 saturated carbocycles. The van der Waals surface area contributed by atoms with Gasteiger partial charge in [0.05, 0.1) is 0 Å². The Bertz CT molecular complexity index is 482.